The van der Waals surface area contributed by atoms with Gasteiger partial charge in [0, 0.05) is 29.7 Å². The SMILES string of the molecule is COc1ccc2c(c1)c(C(C#N)N(C)C)cn2C. The average Bonchev–Trinajstić information content (AvgIpc) is 2.67. The zero-order chi connectivity index (χ0) is 13.3. The number of aromatic nitrogens is 1. The molecule has 2 aromatic rings. The molecule has 0 radical (unpaired) electrons. The highest BCUT2D eigenvalue weighted by Crippen LogP contribution is 2.30. The Morgan fingerprint density at radius 1 is 1.39 bits per heavy atom. The van der Waals surface area contributed by atoms with Crippen molar-refractivity contribution in [1.29, 1.82) is 5.26 Å². The Balaban J connectivity index is 2.67. The van der Waals surface area contributed by atoms with Gasteiger partial charge in [0.25, 0.3) is 0 Å². The van der Waals surface area contributed by atoms with Crippen molar-refractivity contribution < 1.29 is 4.74 Å². The summed E-state index contributed by atoms with van der Waals surface area (Å²) < 4.78 is 7.29. The molecule has 0 N–H and O–H groups in total. The third kappa shape index (κ3) is 1.93. The van der Waals surface area contributed by atoms with E-state index in [2.05, 4.69) is 6.07 Å². The van der Waals surface area contributed by atoms with E-state index < -0.39 is 0 Å². The Morgan fingerprint density at radius 3 is 2.67 bits per heavy atom. The number of benzene rings is 1. The number of hydrogen-bond acceptors (Lipinski definition) is 3. The third-order valence-corrected chi connectivity index (χ3v) is 3.16. The highest BCUT2D eigenvalue weighted by atomic mass is 16.5. The first-order valence-electron chi connectivity index (χ1n) is 5.77. The predicted octanol–water partition coefficient (Wildman–Crippen LogP) is 2.31. The molecule has 0 aliphatic heterocycles. The topological polar surface area (TPSA) is 41.2 Å². The molecule has 0 aliphatic rings. The highest BCUT2D eigenvalue weighted by Gasteiger charge is 2.18. The molecule has 18 heavy (non-hydrogen) atoms. The third-order valence-electron chi connectivity index (χ3n) is 3.16. The maximum absolute atomic E-state index is 9.31. The fourth-order valence-electron chi connectivity index (χ4n) is 2.21. The molecule has 0 saturated heterocycles. The molecule has 4 heteroatoms. The lowest BCUT2D eigenvalue weighted by molar-refractivity contribution is 0.359. The quantitative estimate of drug-likeness (QED) is 0.830. The molecule has 1 unspecified atom stereocenters. The molecule has 1 aromatic heterocycles. The predicted molar refractivity (Wildman–Crippen MR) is 71.5 cm³/mol. The second-order valence-corrected chi connectivity index (χ2v) is 4.57. The van der Waals surface area contributed by atoms with Gasteiger partial charge < -0.3 is 9.30 Å². The van der Waals surface area contributed by atoms with Gasteiger partial charge in [0.15, 0.2) is 0 Å². The van der Waals surface area contributed by atoms with Crippen molar-refractivity contribution >= 4 is 10.9 Å². The lowest BCUT2D eigenvalue weighted by atomic mass is 10.1. The van der Waals surface area contributed by atoms with Gasteiger partial charge in [0.05, 0.1) is 13.2 Å². The largest absolute Gasteiger partial charge is 0.497 e. The summed E-state index contributed by atoms with van der Waals surface area (Å²) in [4.78, 5) is 1.91. The van der Waals surface area contributed by atoms with Gasteiger partial charge in [0.1, 0.15) is 11.8 Å². The van der Waals surface area contributed by atoms with E-state index in [9.17, 15) is 5.26 Å². The van der Waals surface area contributed by atoms with E-state index in [1.807, 2.05) is 55.0 Å². The monoisotopic (exact) mass is 243 g/mol. The van der Waals surface area contributed by atoms with Crippen LogP contribution < -0.4 is 4.74 Å². The molecule has 1 heterocycles. The minimum atomic E-state index is -0.249. The first-order chi connectivity index (χ1) is 8.58. The van der Waals surface area contributed by atoms with Gasteiger partial charge in [-0.15, -0.1) is 0 Å². The van der Waals surface area contributed by atoms with Gasteiger partial charge in [-0.05, 0) is 32.3 Å². The van der Waals surface area contributed by atoms with Crippen molar-refractivity contribution in [3.05, 3.63) is 30.0 Å². The minimum absolute atomic E-state index is 0.249. The molecule has 0 saturated carbocycles. The van der Waals surface area contributed by atoms with E-state index in [-0.39, 0.29) is 6.04 Å². The van der Waals surface area contributed by atoms with E-state index in [4.69, 9.17) is 4.74 Å². The summed E-state index contributed by atoms with van der Waals surface area (Å²) in [5.41, 5.74) is 2.12. The molecular formula is C14H17N3O. The molecule has 94 valence electrons. The maximum atomic E-state index is 9.31. The highest BCUT2D eigenvalue weighted by molar-refractivity contribution is 5.86. The lowest BCUT2D eigenvalue weighted by Gasteiger charge is -2.16. The van der Waals surface area contributed by atoms with Crippen molar-refractivity contribution in [2.24, 2.45) is 7.05 Å². The van der Waals surface area contributed by atoms with E-state index in [0.29, 0.717) is 0 Å². The number of nitriles is 1. The first-order valence-corrected chi connectivity index (χ1v) is 5.77. The molecule has 1 aromatic carbocycles. The summed E-state index contributed by atoms with van der Waals surface area (Å²) in [5.74, 6) is 0.811. The fraction of sp³-hybridized carbons (Fsp3) is 0.357. The summed E-state index contributed by atoms with van der Waals surface area (Å²) in [6, 6.07) is 8.02. The summed E-state index contributed by atoms with van der Waals surface area (Å²) in [6.07, 6.45) is 2.01. The summed E-state index contributed by atoms with van der Waals surface area (Å²) in [6.45, 7) is 0. The molecule has 0 aliphatic carbocycles. The molecule has 0 fully saturated rings. The molecule has 4 nitrogen and oxygen atoms in total. The fourth-order valence-corrected chi connectivity index (χ4v) is 2.21. The van der Waals surface area contributed by atoms with Crippen LogP contribution in [0.1, 0.15) is 11.6 Å². The maximum Gasteiger partial charge on any atom is 0.125 e. The van der Waals surface area contributed by atoms with Gasteiger partial charge >= 0.3 is 0 Å². The lowest BCUT2D eigenvalue weighted by Crippen LogP contribution is -2.17. The van der Waals surface area contributed by atoms with Crippen molar-refractivity contribution in [1.82, 2.24) is 9.47 Å². The van der Waals surface area contributed by atoms with Crippen LogP contribution >= 0.6 is 0 Å². The molecule has 1 atom stereocenters. The van der Waals surface area contributed by atoms with Crippen LogP contribution in [0.4, 0.5) is 0 Å². The van der Waals surface area contributed by atoms with Crippen LogP contribution in [0.5, 0.6) is 5.75 Å². The van der Waals surface area contributed by atoms with E-state index >= 15 is 0 Å². The molecule has 0 bridgehead atoms. The Morgan fingerprint density at radius 2 is 2.11 bits per heavy atom. The van der Waals surface area contributed by atoms with E-state index in [1.165, 1.54) is 0 Å². The van der Waals surface area contributed by atoms with Crippen molar-refractivity contribution in [3.63, 3.8) is 0 Å². The minimum Gasteiger partial charge on any atom is -0.497 e. The zero-order valence-electron chi connectivity index (χ0n) is 11.1. The van der Waals surface area contributed by atoms with E-state index in [0.717, 1.165) is 22.2 Å². The van der Waals surface area contributed by atoms with Gasteiger partial charge in [0.2, 0.25) is 0 Å². The van der Waals surface area contributed by atoms with Gasteiger partial charge in [-0.25, -0.2) is 0 Å². The van der Waals surface area contributed by atoms with Crippen LogP contribution in [-0.4, -0.2) is 30.7 Å². The van der Waals surface area contributed by atoms with Crippen LogP contribution in [0.15, 0.2) is 24.4 Å². The van der Waals surface area contributed by atoms with Gasteiger partial charge in [-0.2, -0.15) is 5.26 Å². The van der Waals surface area contributed by atoms with Gasteiger partial charge in [-0.3, -0.25) is 4.90 Å². The Labute approximate surface area is 107 Å². The number of aryl methyl sites for hydroxylation is 1. The number of hydrogen-bond donors (Lipinski definition) is 0. The molecule has 0 amide bonds. The summed E-state index contributed by atoms with van der Waals surface area (Å²) >= 11 is 0. The van der Waals surface area contributed by atoms with Crippen molar-refractivity contribution in [2.75, 3.05) is 21.2 Å². The number of fused-ring (bicyclic) bond motifs is 1. The number of ether oxygens (including phenoxy) is 1. The summed E-state index contributed by atoms with van der Waals surface area (Å²) in [7, 11) is 7.46. The van der Waals surface area contributed by atoms with Crippen LogP contribution in [-0.2, 0) is 7.05 Å². The average molecular weight is 243 g/mol. The van der Waals surface area contributed by atoms with Crippen LogP contribution in [0, 0.1) is 11.3 Å². The molecular weight excluding hydrogens is 226 g/mol. The zero-order valence-corrected chi connectivity index (χ0v) is 11.1. The van der Waals surface area contributed by atoms with Crippen LogP contribution in [0.2, 0.25) is 0 Å². The second kappa shape index (κ2) is 4.71. The van der Waals surface area contributed by atoms with Crippen LogP contribution in [0.25, 0.3) is 10.9 Å². The van der Waals surface area contributed by atoms with Gasteiger partial charge in [-0.1, -0.05) is 0 Å². The Hall–Kier alpha value is -1.99. The number of nitrogens with zero attached hydrogens (tertiary/aromatic N) is 3. The molecule has 0 spiro atoms. The summed E-state index contributed by atoms with van der Waals surface area (Å²) in [5, 5.41) is 10.4. The van der Waals surface area contributed by atoms with Crippen molar-refractivity contribution in [2.45, 2.75) is 6.04 Å². The second-order valence-electron chi connectivity index (χ2n) is 4.57. The number of methoxy groups -OCH3 is 1. The smallest absolute Gasteiger partial charge is 0.125 e. The normalized spacial score (nSPS) is 12.7. The first kappa shape index (κ1) is 12.5. The number of rotatable bonds is 3. The Bertz CT molecular complexity index is 607. The standard InChI is InChI=1S/C14H17N3O/c1-16(2)14(8-15)12-9-17(3)13-6-5-10(18-4)7-11(12)13/h5-7,9,14H,1-4H3. The van der Waals surface area contributed by atoms with Crippen LogP contribution in [0.3, 0.4) is 0 Å². The van der Waals surface area contributed by atoms with E-state index in [1.54, 1.807) is 7.11 Å². The Kier molecular flexibility index (Phi) is 3.26. The van der Waals surface area contributed by atoms with Crippen molar-refractivity contribution in [3.8, 4) is 11.8 Å². The molecule has 2 rings (SSSR count).